The highest BCUT2D eigenvalue weighted by Crippen LogP contribution is 2.35. The van der Waals surface area contributed by atoms with E-state index in [-0.39, 0.29) is 11.1 Å². The summed E-state index contributed by atoms with van der Waals surface area (Å²) in [6.45, 7) is 0. The Morgan fingerprint density at radius 1 is 1.00 bits per heavy atom. The van der Waals surface area contributed by atoms with Crippen molar-refractivity contribution in [1.82, 2.24) is 0 Å². The van der Waals surface area contributed by atoms with Crippen molar-refractivity contribution in [2.45, 2.75) is 6.36 Å². The number of hydrogen-bond donors (Lipinski definition) is 0. The Bertz CT molecular complexity index is 639. The summed E-state index contributed by atoms with van der Waals surface area (Å²) in [5, 5.41) is 0.333. The molecular weight excluding hydrogens is 293 g/mol. The maximum atomic E-state index is 12.3. The first-order valence-electron chi connectivity index (χ1n) is 5.51. The van der Waals surface area contributed by atoms with E-state index in [2.05, 4.69) is 4.74 Å². The van der Waals surface area contributed by atoms with E-state index in [4.69, 9.17) is 11.6 Å². The predicted molar refractivity (Wildman–Crippen MR) is 69.0 cm³/mol. The van der Waals surface area contributed by atoms with Crippen LogP contribution in [0.2, 0.25) is 5.02 Å². The van der Waals surface area contributed by atoms with Crippen molar-refractivity contribution >= 4 is 17.9 Å². The van der Waals surface area contributed by atoms with Gasteiger partial charge in [0.25, 0.3) is 0 Å². The zero-order chi connectivity index (χ0) is 14.8. The molecule has 104 valence electrons. The minimum absolute atomic E-state index is 0.196. The number of halogens is 4. The molecule has 20 heavy (non-hydrogen) atoms. The average Bonchev–Trinajstić information content (AvgIpc) is 2.37. The smallest absolute Gasteiger partial charge is 0.405 e. The summed E-state index contributed by atoms with van der Waals surface area (Å²) in [6.07, 6.45) is -4.55. The van der Waals surface area contributed by atoms with Crippen LogP contribution >= 0.6 is 11.6 Å². The van der Waals surface area contributed by atoms with Crippen LogP contribution in [0.25, 0.3) is 11.1 Å². The van der Waals surface area contributed by atoms with Crippen molar-refractivity contribution in [3.05, 3.63) is 53.1 Å². The lowest BCUT2D eigenvalue weighted by atomic mass is 9.99. The van der Waals surface area contributed by atoms with Gasteiger partial charge in [-0.05, 0) is 17.7 Å². The fourth-order valence-corrected chi connectivity index (χ4v) is 2.03. The first kappa shape index (κ1) is 14.4. The van der Waals surface area contributed by atoms with Gasteiger partial charge in [-0.2, -0.15) is 0 Å². The molecule has 0 heterocycles. The molecule has 0 fully saturated rings. The van der Waals surface area contributed by atoms with Crippen LogP contribution < -0.4 is 4.74 Å². The molecule has 2 nitrogen and oxygen atoms in total. The summed E-state index contributed by atoms with van der Waals surface area (Å²) in [5.74, 6) is -0.551. The summed E-state index contributed by atoms with van der Waals surface area (Å²) in [5.41, 5.74) is 0.550. The lowest BCUT2D eigenvalue weighted by Gasteiger charge is -2.14. The Labute approximate surface area is 117 Å². The lowest BCUT2D eigenvalue weighted by molar-refractivity contribution is -0.274. The molecule has 2 aromatic rings. The third-order valence-electron chi connectivity index (χ3n) is 2.57. The minimum atomic E-state index is -4.86. The van der Waals surface area contributed by atoms with Gasteiger partial charge in [-0.25, -0.2) is 0 Å². The second-order valence-electron chi connectivity index (χ2n) is 3.86. The average molecular weight is 301 g/mol. The van der Waals surface area contributed by atoms with Crippen LogP contribution in [0.15, 0.2) is 42.5 Å². The van der Waals surface area contributed by atoms with Gasteiger partial charge in [0.15, 0.2) is 6.29 Å². The number of hydrogen-bond acceptors (Lipinski definition) is 2. The van der Waals surface area contributed by atoms with Crippen LogP contribution in [0.1, 0.15) is 10.4 Å². The van der Waals surface area contributed by atoms with E-state index in [9.17, 15) is 18.0 Å². The normalized spacial score (nSPS) is 11.2. The van der Waals surface area contributed by atoms with Crippen LogP contribution in [0.5, 0.6) is 5.75 Å². The van der Waals surface area contributed by atoms with Crippen LogP contribution in [0.4, 0.5) is 13.2 Å². The largest absolute Gasteiger partial charge is 0.573 e. The molecule has 0 saturated heterocycles. The Balaban J connectivity index is 2.58. The summed E-state index contributed by atoms with van der Waals surface area (Å²) in [7, 11) is 0. The molecule has 0 aliphatic carbocycles. The third-order valence-corrected chi connectivity index (χ3v) is 2.90. The van der Waals surface area contributed by atoms with E-state index in [1.54, 1.807) is 24.3 Å². The molecule has 2 aromatic carbocycles. The molecule has 0 saturated carbocycles. The van der Waals surface area contributed by atoms with Crippen LogP contribution in [0, 0.1) is 0 Å². The number of alkyl halides is 3. The van der Waals surface area contributed by atoms with Gasteiger partial charge in [0, 0.05) is 10.6 Å². The number of benzene rings is 2. The molecule has 0 unspecified atom stereocenters. The lowest BCUT2D eigenvalue weighted by Crippen LogP contribution is -2.18. The SMILES string of the molecule is O=Cc1c(OC(F)(F)F)cccc1-c1ccccc1Cl. The molecule has 2 rings (SSSR count). The minimum Gasteiger partial charge on any atom is -0.405 e. The van der Waals surface area contributed by atoms with Gasteiger partial charge in [-0.3, -0.25) is 4.79 Å². The van der Waals surface area contributed by atoms with E-state index < -0.39 is 12.1 Å². The van der Waals surface area contributed by atoms with Crippen molar-refractivity contribution in [3.63, 3.8) is 0 Å². The molecule has 0 spiro atoms. The van der Waals surface area contributed by atoms with Crippen LogP contribution in [0.3, 0.4) is 0 Å². The second kappa shape index (κ2) is 5.54. The van der Waals surface area contributed by atoms with Gasteiger partial charge >= 0.3 is 6.36 Å². The van der Waals surface area contributed by atoms with E-state index >= 15 is 0 Å². The predicted octanol–water partition coefficient (Wildman–Crippen LogP) is 4.72. The number of rotatable bonds is 3. The van der Waals surface area contributed by atoms with Crippen molar-refractivity contribution < 1.29 is 22.7 Å². The van der Waals surface area contributed by atoms with Gasteiger partial charge in [-0.15, -0.1) is 13.2 Å². The topological polar surface area (TPSA) is 26.3 Å². The Hall–Kier alpha value is -2.01. The van der Waals surface area contributed by atoms with Crippen LogP contribution in [-0.2, 0) is 0 Å². The number of aldehydes is 1. The van der Waals surface area contributed by atoms with Gasteiger partial charge < -0.3 is 4.74 Å². The van der Waals surface area contributed by atoms with Crippen molar-refractivity contribution in [2.24, 2.45) is 0 Å². The molecular formula is C14H8ClF3O2. The maximum Gasteiger partial charge on any atom is 0.573 e. The Morgan fingerprint density at radius 2 is 1.65 bits per heavy atom. The van der Waals surface area contributed by atoms with Gasteiger partial charge in [0.05, 0.1) is 5.56 Å². The Morgan fingerprint density at radius 3 is 2.25 bits per heavy atom. The van der Waals surface area contributed by atoms with E-state index in [0.717, 1.165) is 6.07 Å². The molecule has 0 N–H and O–H groups in total. The fraction of sp³-hybridized carbons (Fsp3) is 0.0714. The monoisotopic (exact) mass is 300 g/mol. The van der Waals surface area contributed by atoms with Crippen LogP contribution in [-0.4, -0.2) is 12.6 Å². The molecule has 0 atom stereocenters. The highest BCUT2D eigenvalue weighted by atomic mass is 35.5. The van der Waals surface area contributed by atoms with Gasteiger partial charge in [0.1, 0.15) is 5.75 Å². The number of ether oxygens (including phenoxy) is 1. The first-order chi connectivity index (χ1) is 9.42. The Kier molecular flexibility index (Phi) is 3.99. The molecule has 0 aromatic heterocycles. The van der Waals surface area contributed by atoms with Gasteiger partial charge in [0.2, 0.25) is 0 Å². The maximum absolute atomic E-state index is 12.3. The fourth-order valence-electron chi connectivity index (χ4n) is 1.79. The molecule has 0 amide bonds. The number of carbonyl (C=O) groups excluding carboxylic acids is 1. The van der Waals surface area contributed by atoms with E-state index in [1.807, 2.05) is 0 Å². The summed E-state index contributed by atoms with van der Waals surface area (Å²) in [4.78, 5) is 11.1. The zero-order valence-corrected chi connectivity index (χ0v) is 10.7. The highest BCUT2D eigenvalue weighted by Gasteiger charge is 2.32. The van der Waals surface area contributed by atoms with Crippen molar-refractivity contribution in [1.29, 1.82) is 0 Å². The van der Waals surface area contributed by atoms with Gasteiger partial charge in [-0.1, -0.05) is 41.9 Å². The summed E-state index contributed by atoms with van der Waals surface area (Å²) < 4.78 is 40.8. The third kappa shape index (κ3) is 3.11. The molecule has 0 aliphatic rings. The molecule has 0 bridgehead atoms. The first-order valence-corrected chi connectivity index (χ1v) is 5.89. The molecule has 0 radical (unpaired) electrons. The molecule has 0 aliphatic heterocycles. The standard InChI is InChI=1S/C14H8ClF3O2/c15-12-6-2-1-4-10(12)9-5-3-7-13(11(9)8-19)20-14(16,17)18/h1-8H. The number of carbonyl (C=O) groups is 1. The van der Waals surface area contributed by atoms with Crippen molar-refractivity contribution in [2.75, 3.05) is 0 Å². The second-order valence-corrected chi connectivity index (χ2v) is 4.27. The zero-order valence-electron chi connectivity index (χ0n) is 9.95. The van der Waals surface area contributed by atoms with E-state index in [0.29, 0.717) is 16.9 Å². The highest BCUT2D eigenvalue weighted by molar-refractivity contribution is 6.33. The van der Waals surface area contributed by atoms with E-state index in [1.165, 1.54) is 12.1 Å². The molecule has 6 heteroatoms. The summed E-state index contributed by atoms with van der Waals surface area (Å²) >= 11 is 5.99. The quantitative estimate of drug-likeness (QED) is 0.767. The summed E-state index contributed by atoms with van der Waals surface area (Å²) in [6, 6.07) is 10.5. The van der Waals surface area contributed by atoms with Crippen molar-refractivity contribution in [3.8, 4) is 16.9 Å².